The molecule has 3 aromatic rings. The minimum atomic E-state index is -0.790. The zero-order valence-corrected chi connectivity index (χ0v) is 19.3. The van der Waals surface area contributed by atoms with Crippen LogP contribution in [0.4, 0.5) is 8.78 Å². The van der Waals surface area contributed by atoms with Crippen LogP contribution in [0.1, 0.15) is 64.4 Å². The van der Waals surface area contributed by atoms with E-state index in [4.69, 9.17) is 4.74 Å². The summed E-state index contributed by atoms with van der Waals surface area (Å²) in [6.45, 7) is 4.79. The maximum atomic E-state index is 15.2. The molecule has 32 heavy (non-hydrogen) atoms. The van der Waals surface area contributed by atoms with E-state index in [0.717, 1.165) is 56.1 Å². The number of benzene rings is 3. The molecule has 3 aromatic carbocycles. The molecule has 0 bridgehead atoms. The molecule has 0 aliphatic rings. The molecule has 0 N–H and O–H groups in total. The van der Waals surface area contributed by atoms with Gasteiger partial charge in [0.2, 0.25) is 0 Å². The van der Waals surface area contributed by atoms with Gasteiger partial charge in [0.15, 0.2) is 11.6 Å². The number of rotatable bonds is 12. The van der Waals surface area contributed by atoms with Crippen molar-refractivity contribution in [2.75, 3.05) is 6.61 Å². The van der Waals surface area contributed by atoms with Gasteiger partial charge in [-0.15, -0.1) is 0 Å². The minimum Gasteiger partial charge on any atom is -0.493 e. The van der Waals surface area contributed by atoms with Gasteiger partial charge in [0, 0.05) is 11.1 Å². The number of unbranched alkanes of at least 4 members (excludes halogenated alkanes) is 5. The predicted molar refractivity (Wildman–Crippen MR) is 130 cm³/mol. The zero-order valence-electron chi connectivity index (χ0n) is 19.3. The van der Waals surface area contributed by atoms with Crippen molar-refractivity contribution < 1.29 is 13.5 Å². The largest absolute Gasteiger partial charge is 0.493 e. The Morgan fingerprint density at radius 1 is 0.656 bits per heavy atom. The lowest BCUT2D eigenvalue weighted by atomic mass is 9.96. The van der Waals surface area contributed by atoms with Gasteiger partial charge in [-0.25, -0.2) is 8.78 Å². The lowest BCUT2D eigenvalue weighted by molar-refractivity contribution is 0.298. The summed E-state index contributed by atoms with van der Waals surface area (Å²) in [6.07, 6.45) is 7.64. The summed E-state index contributed by atoms with van der Waals surface area (Å²) in [6, 6.07) is 19.3. The van der Waals surface area contributed by atoms with Crippen molar-refractivity contribution in [2.24, 2.45) is 0 Å². The first-order chi connectivity index (χ1) is 15.7. The fourth-order valence-electron chi connectivity index (χ4n) is 3.95. The highest BCUT2D eigenvalue weighted by molar-refractivity contribution is 5.72. The summed E-state index contributed by atoms with van der Waals surface area (Å²) in [5.41, 5.74) is 3.41. The molecule has 0 aromatic heterocycles. The van der Waals surface area contributed by atoms with Crippen LogP contribution < -0.4 is 4.74 Å². The number of halogens is 2. The van der Waals surface area contributed by atoms with Crippen LogP contribution >= 0.6 is 0 Å². The van der Waals surface area contributed by atoms with Crippen LogP contribution in [0.3, 0.4) is 0 Å². The Hall–Kier alpha value is -2.68. The Labute approximate surface area is 191 Å². The van der Waals surface area contributed by atoms with E-state index in [1.807, 2.05) is 54.6 Å². The predicted octanol–water partition coefficient (Wildman–Crippen LogP) is 8.99. The monoisotopic (exact) mass is 436 g/mol. The second-order valence-electron chi connectivity index (χ2n) is 8.34. The Balaban J connectivity index is 1.89. The molecule has 0 heterocycles. The molecule has 1 nitrogen and oxygen atoms in total. The van der Waals surface area contributed by atoms with Crippen molar-refractivity contribution >= 4 is 0 Å². The fraction of sp³-hybridized carbons (Fsp3) is 0.379. The van der Waals surface area contributed by atoms with Gasteiger partial charge in [0.25, 0.3) is 0 Å². The maximum absolute atomic E-state index is 15.2. The highest BCUT2D eigenvalue weighted by Crippen LogP contribution is 2.35. The molecule has 0 aliphatic heterocycles. The van der Waals surface area contributed by atoms with Crippen molar-refractivity contribution in [1.82, 2.24) is 0 Å². The number of hydrogen-bond acceptors (Lipinski definition) is 1. The van der Waals surface area contributed by atoms with Gasteiger partial charge in [-0.2, -0.15) is 0 Å². The summed E-state index contributed by atoms with van der Waals surface area (Å²) < 4.78 is 36.3. The molecule has 0 unspecified atom stereocenters. The van der Waals surface area contributed by atoms with Crippen LogP contribution in [0.2, 0.25) is 0 Å². The summed E-state index contributed by atoms with van der Waals surface area (Å²) in [4.78, 5) is 0. The molecular formula is C29H34F2O. The van der Waals surface area contributed by atoms with Gasteiger partial charge < -0.3 is 4.74 Å². The normalized spacial score (nSPS) is 11.0. The summed E-state index contributed by atoms with van der Waals surface area (Å²) >= 11 is 0. The molecule has 3 rings (SSSR count). The van der Waals surface area contributed by atoms with E-state index in [9.17, 15) is 0 Å². The lowest BCUT2D eigenvalue weighted by Crippen LogP contribution is -2.06. The first-order valence-electron chi connectivity index (χ1n) is 11.9. The van der Waals surface area contributed by atoms with E-state index in [1.165, 1.54) is 0 Å². The topological polar surface area (TPSA) is 9.23 Å². The third-order valence-corrected chi connectivity index (χ3v) is 5.86. The van der Waals surface area contributed by atoms with Crippen molar-refractivity contribution in [3.05, 3.63) is 77.9 Å². The molecule has 0 saturated heterocycles. The van der Waals surface area contributed by atoms with E-state index in [1.54, 1.807) is 6.07 Å². The van der Waals surface area contributed by atoms with Crippen LogP contribution in [0.25, 0.3) is 22.3 Å². The van der Waals surface area contributed by atoms with Crippen LogP contribution in [0.5, 0.6) is 5.75 Å². The van der Waals surface area contributed by atoms with Crippen LogP contribution in [-0.4, -0.2) is 6.61 Å². The fourth-order valence-corrected chi connectivity index (χ4v) is 3.95. The van der Waals surface area contributed by atoms with Crippen molar-refractivity contribution in [3.63, 3.8) is 0 Å². The van der Waals surface area contributed by atoms with E-state index < -0.39 is 11.6 Å². The summed E-state index contributed by atoms with van der Waals surface area (Å²) in [7, 11) is 0. The standard InChI is InChI=1S/C29H34F2O/c1-3-5-7-12-20-32-27-21-26(29(31)28(30)25(27)15-9-6-4-2)24-18-16-23(17-19-24)22-13-10-8-11-14-22/h8,10-11,13-14,16-19,21H,3-7,9,12,15,20H2,1-2H3. The smallest absolute Gasteiger partial charge is 0.167 e. The Kier molecular flexibility index (Phi) is 9.27. The second kappa shape index (κ2) is 12.4. The molecular weight excluding hydrogens is 402 g/mol. The van der Waals surface area contributed by atoms with Crippen LogP contribution in [-0.2, 0) is 6.42 Å². The molecule has 0 saturated carbocycles. The third kappa shape index (κ3) is 6.18. The van der Waals surface area contributed by atoms with E-state index >= 15 is 8.78 Å². The van der Waals surface area contributed by atoms with E-state index in [2.05, 4.69) is 13.8 Å². The lowest BCUT2D eigenvalue weighted by Gasteiger charge is -2.16. The second-order valence-corrected chi connectivity index (χ2v) is 8.34. The third-order valence-electron chi connectivity index (χ3n) is 5.86. The molecule has 3 heteroatoms. The van der Waals surface area contributed by atoms with Gasteiger partial charge in [0.1, 0.15) is 5.75 Å². The number of ether oxygens (including phenoxy) is 1. The summed E-state index contributed by atoms with van der Waals surface area (Å²) in [5.74, 6) is -1.07. The first-order valence-corrected chi connectivity index (χ1v) is 11.9. The van der Waals surface area contributed by atoms with Gasteiger partial charge in [-0.05, 0) is 42.0 Å². The van der Waals surface area contributed by atoms with Gasteiger partial charge >= 0.3 is 0 Å². The van der Waals surface area contributed by atoms with E-state index in [-0.39, 0.29) is 5.56 Å². The van der Waals surface area contributed by atoms with Crippen LogP contribution in [0.15, 0.2) is 60.7 Å². The SMILES string of the molecule is CCCCCCOc1cc(-c2ccc(-c3ccccc3)cc2)c(F)c(F)c1CCCCC. The first kappa shape index (κ1) is 24.0. The van der Waals surface area contributed by atoms with Gasteiger partial charge in [-0.3, -0.25) is 0 Å². The molecule has 0 aliphatic carbocycles. The molecule has 0 radical (unpaired) electrons. The maximum Gasteiger partial charge on any atom is 0.167 e. The Morgan fingerprint density at radius 2 is 1.28 bits per heavy atom. The van der Waals surface area contributed by atoms with E-state index in [0.29, 0.717) is 29.9 Å². The van der Waals surface area contributed by atoms with Gasteiger partial charge in [-0.1, -0.05) is 101 Å². The highest BCUT2D eigenvalue weighted by atomic mass is 19.2. The molecule has 170 valence electrons. The average Bonchev–Trinajstić information content (AvgIpc) is 2.83. The van der Waals surface area contributed by atoms with Gasteiger partial charge in [0.05, 0.1) is 6.61 Å². The van der Waals surface area contributed by atoms with Crippen molar-refractivity contribution in [3.8, 4) is 28.0 Å². The molecule has 0 atom stereocenters. The Morgan fingerprint density at radius 3 is 1.97 bits per heavy atom. The molecule has 0 spiro atoms. The van der Waals surface area contributed by atoms with Crippen LogP contribution in [0, 0.1) is 11.6 Å². The minimum absolute atomic E-state index is 0.255. The number of hydrogen-bond donors (Lipinski definition) is 0. The highest BCUT2D eigenvalue weighted by Gasteiger charge is 2.20. The van der Waals surface area contributed by atoms with Crippen molar-refractivity contribution in [2.45, 2.75) is 65.2 Å². The molecule has 0 amide bonds. The zero-order chi connectivity index (χ0) is 22.8. The van der Waals surface area contributed by atoms with Crippen molar-refractivity contribution in [1.29, 1.82) is 0 Å². The molecule has 0 fully saturated rings. The quantitative estimate of drug-likeness (QED) is 0.257. The summed E-state index contributed by atoms with van der Waals surface area (Å²) in [5, 5.41) is 0. The average molecular weight is 437 g/mol. The Bertz CT molecular complexity index is 965.